The van der Waals surface area contributed by atoms with Crippen molar-refractivity contribution < 1.29 is 4.79 Å². The van der Waals surface area contributed by atoms with E-state index in [9.17, 15) is 4.79 Å². The third-order valence-electron chi connectivity index (χ3n) is 2.96. The van der Waals surface area contributed by atoms with Crippen LogP contribution in [0.15, 0.2) is 0 Å². The van der Waals surface area contributed by atoms with Gasteiger partial charge in [-0.2, -0.15) is 0 Å². The standard InChI is InChI=1S/C12H20N4OS/c1-7(2)6-14-12-16-10(13)9(18-12)11(17)15-8-4-3-5-8/h7-8H,3-6,13H2,1-2H3,(H,14,16)(H,15,17). The quantitative estimate of drug-likeness (QED) is 0.763. The van der Waals surface area contributed by atoms with Crippen LogP contribution in [0, 0.1) is 5.92 Å². The first kappa shape index (κ1) is 13.1. The maximum absolute atomic E-state index is 12.0. The number of amides is 1. The smallest absolute Gasteiger partial charge is 0.265 e. The zero-order valence-electron chi connectivity index (χ0n) is 10.8. The number of hydrogen-bond acceptors (Lipinski definition) is 5. The van der Waals surface area contributed by atoms with E-state index in [1.165, 1.54) is 17.8 Å². The number of hydrogen-bond donors (Lipinski definition) is 3. The van der Waals surface area contributed by atoms with E-state index >= 15 is 0 Å². The monoisotopic (exact) mass is 268 g/mol. The van der Waals surface area contributed by atoms with Crippen molar-refractivity contribution in [2.24, 2.45) is 5.92 Å². The maximum Gasteiger partial charge on any atom is 0.265 e. The van der Waals surface area contributed by atoms with Crippen LogP contribution >= 0.6 is 11.3 Å². The lowest BCUT2D eigenvalue weighted by atomic mass is 9.93. The number of nitrogens with one attached hydrogen (secondary N) is 2. The maximum atomic E-state index is 12.0. The van der Waals surface area contributed by atoms with Crippen molar-refractivity contribution in [2.75, 3.05) is 17.6 Å². The molecule has 6 heteroatoms. The van der Waals surface area contributed by atoms with Gasteiger partial charge in [-0.15, -0.1) is 0 Å². The average Bonchev–Trinajstić information content (AvgIpc) is 2.62. The van der Waals surface area contributed by atoms with Gasteiger partial charge in [-0.05, 0) is 25.2 Å². The van der Waals surface area contributed by atoms with Crippen molar-refractivity contribution in [1.29, 1.82) is 0 Å². The highest BCUT2D eigenvalue weighted by Crippen LogP contribution is 2.26. The summed E-state index contributed by atoms with van der Waals surface area (Å²) in [5, 5.41) is 6.89. The molecule has 18 heavy (non-hydrogen) atoms. The molecule has 1 fully saturated rings. The van der Waals surface area contributed by atoms with E-state index in [0.29, 0.717) is 22.7 Å². The average molecular weight is 268 g/mol. The highest BCUT2D eigenvalue weighted by atomic mass is 32.1. The summed E-state index contributed by atoms with van der Waals surface area (Å²) >= 11 is 1.33. The Labute approximate surface area is 111 Å². The van der Waals surface area contributed by atoms with Gasteiger partial charge in [-0.25, -0.2) is 4.98 Å². The molecular formula is C12H20N4OS. The number of nitrogens with zero attached hydrogens (tertiary/aromatic N) is 1. The van der Waals surface area contributed by atoms with Gasteiger partial charge in [0.05, 0.1) is 0 Å². The van der Waals surface area contributed by atoms with Crippen molar-refractivity contribution in [2.45, 2.75) is 39.2 Å². The second-order valence-electron chi connectivity index (χ2n) is 5.11. The van der Waals surface area contributed by atoms with Gasteiger partial charge < -0.3 is 16.4 Å². The first-order valence-corrected chi connectivity index (χ1v) is 7.19. The lowest BCUT2D eigenvalue weighted by Gasteiger charge is -2.25. The van der Waals surface area contributed by atoms with Gasteiger partial charge >= 0.3 is 0 Å². The third-order valence-corrected chi connectivity index (χ3v) is 3.99. The van der Waals surface area contributed by atoms with Crippen molar-refractivity contribution in [1.82, 2.24) is 10.3 Å². The minimum atomic E-state index is -0.0905. The molecule has 1 aromatic heterocycles. The van der Waals surface area contributed by atoms with Gasteiger partial charge in [0.15, 0.2) is 5.13 Å². The number of anilines is 2. The zero-order chi connectivity index (χ0) is 13.1. The molecule has 0 atom stereocenters. The summed E-state index contributed by atoms with van der Waals surface area (Å²) in [6.45, 7) is 5.07. The Hall–Kier alpha value is -1.30. The molecule has 0 radical (unpaired) electrons. The van der Waals surface area contributed by atoms with Gasteiger partial charge in [0.1, 0.15) is 10.7 Å². The number of carbonyl (C=O) groups excluding carboxylic acids is 1. The number of thiazole rings is 1. The molecule has 1 amide bonds. The fraction of sp³-hybridized carbons (Fsp3) is 0.667. The van der Waals surface area contributed by atoms with Crippen LogP contribution in [0.4, 0.5) is 10.9 Å². The van der Waals surface area contributed by atoms with Crippen LogP contribution < -0.4 is 16.4 Å². The molecule has 0 saturated heterocycles. The molecule has 0 aromatic carbocycles. The third kappa shape index (κ3) is 3.13. The Morgan fingerprint density at radius 3 is 2.83 bits per heavy atom. The summed E-state index contributed by atoms with van der Waals surface area (Å²) in [7, 11) is 0. The molecule has 4 N–H and O–H groups in total. The molecule has 0 unspecified atom stereocenters. The SMILES string of the molecule is CC(C)CNc1nc(N)c(C(=O)NC2CCC2)s1. The van der Waals surface area contributed by atoms with Crippen LogP contribution in [0.2, 0.25) is 0 Å². The number of aromatic nitrogens is 1. The highest BCUT2D eigenvalue weighted by molar-refractivity contribution is 7.18. The minimum Gasteiger partial charge on any atom is -0.382 e. The van der Waals surface area contributed by atoms with E-state index in [1.807, 2.05) is 0 Å². The molecule has 100 valence electrons. The van der Waals surface area contributed by atoms with E-state index in [4.69, 9.17) is 5.73 Å². The predicted octanol–water partition coefficient (Wildman–Crippen LogP) is 2.08. The van der Waals surface area contributed by atoms with E-state index in [2.05, 4.69) is 29.5 Å². The zero-order valence-corrected chi connectivity index (χ0v) is 11.6. The number of rotatable bonds is 5. The van der Waals surface area contributed by atoms with Crippen LogP contribution in [-0.2, 0) is 0 Å². The first-order valence-electron chi connectivity index (χ1n) is 6.37. The van der Waals surface area contributed by atoms with E-state index < -0.39 is 0 Å². The van der Waals surface area contributed by atoms with Crippen LogP contribution in [0.3, 0.4) is 0 Å². The molecule has 2 rings (SSSR count). The van der Waals surface area contributed by atoms with Crippen molar-refractivity contribution >= 4 is 28.2 Å². The Morgan fingerprint density at radius 1 is 1.56 bits per heavy atom. The Morgan fingerprint density at radius 2 is 2.28 bits per heavy atom. The second kappa shape index (κ2) is 5.56. The molecule has 5 nitrogen and oxygen atoms in total. The fourth-order valence-corrected chi connectivity index (χ4v) is 2.46. The lowest BCUT2D eigenvalue weighted by Crippen LogP contribution is -2.39. The van der Waals surface area contributed by atoms with Gasteiger partial charge in [0.25, 0.3) is 5.91 Å². The van der Waals surface area contributed by atoms with Gasteiger partial charge in [-0.1, -0.05) is 25.2 Å². The molecule has 1 saturated carbocycles. The Kier molecular flexibility index (Phi) is 4.06. The van der Waals surface area contributed by atoms with Crippen LogP contribution in [0.5, 0.6) is 0 Å². The topological polar surface area (TPSA) is 80.0 Å². The molecule has 1 heterocycles. The van der Waals surface area contributed by atoms with Crippen molar-refractivity contribution in [3.63, 3.8) is 0 Å². The predicted molar refractivity (Wildman–Crippen MR) is 75.0 cm³/mol. The van der Waals surface area contributed by atoms with Crippen LogP contribution in [0.1, 0.15) is 42.8 Å². The Balaban J connectivity index is 1.96. The lowest BCUT2D eigenvalue weighted by molar-refractivity contribution is 0.0922. The van der Waals surface area contributed by atoms with Crippen molar-refractivity contribution in [3.05, 3.63) is 4.88 Å². The first-order chi connectivity index (χ1) is 8.56. The normalized spacial score (nSPS) is 15.5. The summed E-state index contributed by atoms with van der Waals surface area (Å²) in [5.74, 6) is 0.762. The van der Waals surface area contributed by atoms with E-state index in [0.717, 1.165) is 24.5 Å². The largest absolute Gasteiger partial charge is 0.382 e. The molecule has 0 aliphatic heterocycles. The highest BCUT2D eigenvalue weighted by Gasteiger charge is 2.23. The van der Waals surface area contributed by atoms with Gasteiger partial charge in [-0.3, -0.25) is 4.79 Å². The minimum absolute atomic E-state index is 0.0905. The molecule has 1 aliphatic carbocycles. The summed E-state index contributed by atoms with van der Waals surface area (Å²) in [4.78, 5) is 16.7. The van der Waals surface area contributed by atoms with E-state index in [1.54, 1.807) is 0 Å². The number of nitrogen functional groups attached to an aromatic ring is 1. The fourth-order valence-electron chi connectivity index (χ4n) is 1.67. The number of carbonyl (C=O) groups is 1. The summed E-state index contributed by atoms with van der Waals surface area (Å²) in [6, 6.07) is 0.325. The molecule has 0 bridgehead atoms. The molecule has 1 aromatic rings. The van der Waals surface area contributed by atoms with Gasteiger partial charge in [0.2, 0.25) is 0 Å². The van der Waals surface area contributed by atoms with Crippen LogP contribution in [-0.4, -0.2) is 23.5 Å². The number of nitrogens with two attached hydrogens (primary N) is 1. The van der Waals surface area contributed by atoms with Crippen LogP contribution in [0.25, 0.3) is 0 Å². The van der Waals surface area contributed by atoms with Gasteiger partial charge in [0, 0.05) is 12.6 Å². The second-order valence-corrected chi connectivity index (χ2v) is 6.11. The summed E-state index contributed by atoms with van der Waals surface area (Å²) in [5.41, 5.74) is 5.78. The summed E-state index contributed by atoms with van der Waals surface area (Å²) in [6.07, 6.45) is 3.34. The Bertz CT molecular complexity index is 426. The molecule has 0 spiro atoms. The molecular weight excluding hydrogens is 248 g/mol. The summed E-state index contributed by atoms with van der Waals surface area (Å²) < 4.78 is 0. The molecule has 1 aliphatic rings. The van der Waals surface area contributed by atoms with Crippen molar-refractivity contribution in [3.8, 4) is 0 Å². The van der Waals surface area contributed by atoms with E-state index in [-0.39, 0.29) is 5.91 Å².